The lowest BCUT2D eigenvalue weighted by Gasteiger charge is -2.05. The van der Waals surface area contributed by atoms with E-state index in [4.69, 9.17) is 4.42 Å². The number of rotatable bonds is 4. The van der Waals surface area contributed by atoms with Crippen LogP contribution >= 0.6 is 11.3 Å². The van der Waals surface area contributed by atoms with Crippen LogP contribution in [0.1, 0.15) is 4.88 Å². The second-order valence-corrected chi connectivity index (χ2v) is 5.92. The van der Waals surface area contributed by atoms with E-state index < -0.39 is 17.6 Å². The fourth-order valence-corrected chi connectivity index (χ4v) is 2.86. The zero-order valence-electron chi connectivity index (χ0n) is 12.4. The van der Waals surface area contributed by atoms with Crippen molar-refractivity contribution in [3.63, 3.8) is 0 Å². The zero-order chi connectivity index (χ0) is 16.9. The molecule has 0 bridgehead atoms. The normalized spacial score (nSPS) is 10.4. The summed E-state index contributed by atoms with van der Waals surface area (Å²) < 4.78 is 18.3. The second kappa shape index (κ2) is 7.10. The highest BCUT2D eigenvalue weighted by molar-refractivity contribution is 7.10. The standard InChI is InChI=1S/C17H13FN2O3S/c18-12-3-1-4-13(8-12)20-17(22)16(21)19-9-14-7-11(10-24-14)15-5-2-6-23-15/h1-8,10H,9H2,(H,19,21)(H,20,22). The van der Waals surface area contributed by atoms with Crippen LogP contribution in [0.4, 0.5) is 10.1 Å². The number of anilines is 1. The average Bonchev–Trinajstić information content (AvgIpc) is 3.23. The largest absolute Gasteiger partial charge is 0.464 e. The van der Waals surface area contributed by atoms with Gasteiger partial charge in [-0.25, -0.2) is 4.39 Å². The summed E-state index contributed by atoms with van der Waals surface area (Å²) in [5.74, 6) is -1.37. The third kappa shape index (κ3) is 3.88. The maximum absolute atomic E-state index is 13.0. The summed E-state index contributed by atoms with van der Waals surface area (Å²) in [6.07, 6.45) is 1.59. The first kappa shape index (κ1) is 15.9. The van der Waals surface area contributed by atoms with Gasteiger partial charge >= 0.3 is 11.8 Å². The summed E-state index contributed by atoms with van der Waals surface area (Å²) in [7, 11) is 0. The molecule has 3 aromatic rings. The number of thiophene rings is 1. The number of hydrogen-bond donors (Lipinski definition) is 2. The lowest BCUT2D eigenvalue weighted by molar-refractivity contribution is -0.136. The summed E-state index contributed by atoms with van der Waals surface area (Å²) in [6.45, 7) is 0.223. The van der Waals surface area contributed by atoms with Gasteiger partial charge in [0.25, 0.3) is 0 Å². The van der Waals surface area contributed by atoms with E-state index >= 15 is 0 Å². The molecule has 5 nitrogen and oxygen atoms in total. The molecule has 0 fully saturated rings. The molecule has 0 saturated carbocycles. The van der Waals surface area contributed by atoms with Crippen LogP contribution in [0, 0.1) is 5.82 Å². The molecule has 0 spiro atoms. The number of benzene rings is 1. The van der Waals surface area contributed by atoms with E-state index in [9.17, 15) is 14.0 Å². The lowest BCUT2D eigenvalue weighted by Crippen LogP contribution is -2.34. The fraction of sp³-hybridized carbons (Fsp3) is 0.0588. The molecule has 2 heterocycles. The summed E-state index contributed by atoms with van der Waals surface area (Å²) in [5.41, 5.74) is 1.14. The first-order chi connectivity index (χ1) is 11.6. The maximum atomic E-state index is 13.0. The van der Waals surface area contributed by atoms with Crippen molar-refractivity contribution < 1.29 is 18.4 Å². The molecular formula is C17H13FN2O3S. The third-order valence-electron chi connectivity index (χ3n) is 3.17. The third-order valence-corrected chi connectivity index (χ3v) is 4.11. The molecule has 0 radical (unpaired) electrons. The zero-order valence-corrected chi connectivity index (χ0v) is 13.2. The Bertz CT molecular complexity index is 858. The molecule has 0 unspecified atom stereocenters. The molecule has 7 heteroatoms. The van der Waals surface area contributed by atoms with Gasteiger partial charge in [0.05, 0.1) is 12.8 Å². The Morgan fingerprint density at radius 1 is 1.12 bits per heavy atom. The summed E-state index contributed by atoms with van der Waals surface area (Å²) >= 11 is 1.45. The number of halogens is 1. The number of nitrogens with one attached hydrogen (secondary N) is 2. The van der Waals surface area contributed by atoms with Gasteiger partial charge < -0.3 is 15.1 Å². The van der Waals surface area contributed by atoms with Crippen LogP contribution in [0.15, 0.2) is 58.5 Å². The van der Waals surface area contributed by atoms with E-state index in [0.717, 1.165) is 22.3 Å². The fourth-order valence-electron chi connectivity index (χ4n) is 2.05. The predicted octanol–water partition coefficient (Wildman–Crippen LogP) is 3.40. The van der Waals surface area contributed by atoms with Gasteiger partial charge in [0.2, 0.25) is 0 Å². The lowest BCUT2D eigenvalue weighted by atomic mass is 10.2. The van der Waals surface area contributed by atoms with E-state index in [0.29, 0.717) is 0 Å². The van der Waals surface area contributed by atoms with Crippen molar-refractivity contribution in [2.75, 3.05) is 5.32 Å². The van der Waals surface area contributed by atoms with E-state index in [-0.39, 0.29) is 12.2 Å². The second-order valence-electron chi connectivity index (χ2n) is 4.93. The van der Waals surface area contributed by atoms with Crippen LogP contribution in [0.5, 0.6) is 0 Å². The first-order valence-corrected chi connectivity index (χ1v) is 7.96. The molecule has 2 aromatic heterocycles. The van der Waals surface area contributed by atoms with Crippen molar-refractivity contribution in [2.24, 2.45) is 0 Å². The summed E-state index contributed by atoms with van der Waals surface area (Å²) in [6, 6.07) is 10.9. The molecule has 1 aromatic carbocycles. The molecule has 0 atom stereocenters. The molecular weight excluding hydrogens is 331 g/mol. The van der Waals surface area contributed by atoms with Crippen molar-refractivity contribution >= 4 is 28.8 Å². The Morgan fingerprint density at radius 3 is 2.75 bits per heavy atom. The highest BCUT2D eigenvalue weighted by Gasteiger charge is 2.14. The number of carbonyl (C=O) groups excluding carboxylic acids is 2. The Kier molecular flexibility index (Phi) is 4.72. The van der Waals surface area contributed by atoms with Gasteiger partial charge in [-0.15, -0.1) is 11.3 Å². The number of amides is 2. The molecule has 2 N–H and O–H groups in total. The van der Waals surface area contributed by atoms with E-state index in [1.165, 1.54) is 29.5 Å². The van der Waals surface area contributed by atoms with Gasteiger partial charge in [0.15, 0.2) is 0 Å². The van der Waals surface area contributed by atoms with Crippen molar-refractivity contribution in [1.82, 2.24) is 5.32 Å². The predicted molar refractivity (Wildman–Crippen MR) is 88.9 cm³/mol. The van der Waals surface area contributed by atoms with Gasteiger partial charge in [-0.2, -0.15) is 0 Å². The van der Waals surface area contributed by atoms with Crippen molar-refractivity contribution in [1.29, 1.82) is 0 Å². The minimum absolute atomic E-state index is 0.223. The minimum Gasteiger partial charge on any atom is -0.464 e. The molecule has 2 amide bonds. The van der Waals surface area contributed by atoms with Crippen LogP contribution in [-0.4, -0.2) is 11.8 Å². The summed E-state index contributed by atoms with van der Waals surface area (Å²) in [5, 5.41) is 6.78. The van der Waals surface area contributed by atoms with E-state index in [2.05, 4.69) is 10.6 Å². The highest BCUT2D eigenvalue weighted by atomic mass is 32.1. The van der Waals surface area contributed by atoms with E-state index in [1.807, 2.05) is 17.5 Å². The topological polar surface area (TPSA) is 71.3 Å². The molecule has 3 rings (SSSR count). The van der Waals surface area contributed by atoms with Gasteiger partial charge in [0.1, 0.15) is 11.6 Å². The highest BCUT2D eigenvalue weighted by Crippen LogP contribution is 2.25. The molecule has 0 aliphatic rings. The van der Waals surface area contributed by atoms with Crippen LogP contribution in [0.25, 0.3) is 11.3 Å². The smallest absolute Gasteiger partial charge is 0.313 e. The number of carbonyl (C=O) groups is 2. The Hall–Kier alpha value is -2.93. The average molecular weight is 344 g/mol. The number of hydrogen-bond acceptors (Lipinski definition) is 4. The SMILES string of the molecule is O=C(NCc1cc(-c2ccco2)cs1)C(=O)Nc1cccc(F)c1. The molecule has 0 aliphatic carbocycles. The van der Waals surface area contributed by atoms with Gasteiger partial charge in [-0.05, 0) is 36.4 Å². The van der Waals surface area contributed by atoms with Gasteiger partial charge in [-0.3, -0.25) is 9.59 Å². The molecule has 0 aliphatic heterocycles. The quantitative estimate of drug-likeness (QED) is 0.713. The Labute approximate surface area is 141 Å². The summed E-state index contributed by atoms with van der Waals surface area (Å²) in [4.78, 5) is 24.5. The van der Waals surface area contributed by atoms with Crippen molar-refractivity contribution in [3.8, 4) is 11.3 Å². The van der Waals surface area contributed by atoms with Crippen LogP contribution in [0.2, 0.25) is 0 Å². The van der Waals surface area contributed by atoms with Crippen LogP contribution in [-0.2, 0) is 16.1 Å². The maximum Gasteiger partial charge on any atom is 0.313 e. The molecule has 122 valence electrons. The van der Waals surface area contributed by atoms with E-state index in [1.54, 1.807) is 12.3 Å². The Morgan fingerprint density at radius 2 is 2.00 bits per heavy atom. The van der Waals surface area contributed by atoms with Crippen LogP contribution < -0.4 is 10.6 Å². The van der Waals surface area contributed by atoms with Gasteiger partial charge in [0, 0.05) is 21.5 Å². The minimum atomic E-state index is -0.844. The number of furan rings is 1. The van der Waals surface area contributed by atoms with Gasteiger partial charge in [-0.1, -0.05) is 6.07 Å². The van der Waals surface area contributed by atoms with Crippen molar-refractivity contribution in [2.45, 2.75) is 6.54 Å². The first-order valence-electron chi connectivity index (χ1n) is 7.08. The molecule has 0 saturated heterocycles. The van der Waals surface area contributed by atoms with Crippen molar-refractivity contribution in [3.05, 3.63) is 64.8 Å². The van der Waals surface area contributed by atoms with Crippen LogP contribution in [0.3, 0.4) is 0 Å². The monoisotopic (exact) mass is 344 g/mol. The Balaban J connectivity index is 1.54. The molecule has 24 heavy (non-hydrogen) atoms.